The fourth-order valence-corrected chi connectivity index (χ4v) is 5.35. The Labute approximate surface area is 152 Å². The van der Waals surface area contributed by atoms with Gasteiger partial charge in [0.05, 0.1) is 0 Å². The third-order valence-corrected chi connectivity index (χ3v) is 6.90. The number of rotatable bonds is 13. The fraction of sp³-hybridized carbons (Fsp3) is 0.950. The van der Waals surface area contributed by atoms with Crippen molar-refractivity contribution in [3.8, 4) is 0 Å². The maximum Gasteiger partial charge on any atom is 0.303 e. The molecule has 0 bridgehead atoms. The van der Waals surface area contributed by atoms with E-state index in [0.717, 1.165) is 37.9 Å². The van der Waals surface area contributed by atoms with Crippen LogP contribution in [0.3, 0.4) is 0 Å². The van der Waals surface area contributed by atoms with Crippen molar-refractivity contribution in [3.05, 3.63) is 0 Å². The van der Waals surface area contributed by atoms with Gasteiger partial charge in [-0.2, -0.15) is 0 Å². The Morgan fingerprint density at radius 1 is 0.958 bits per heavy atom. The SMILES string of the molecule is CCCCCCCCCCCC[S@@+]([O-])[C@H]1CCCCC1OC(C)=O. The number of unbranched alkanes of at least 4 members (excludes halogenated alkanes) is 9. The first kappa shape index (κ1) is 21.8. The molecule has 1 unspecified atom stereocenters. The van der Waals surface area contributed by atoms with Gasteiger partial charge in [0.1, 0.15) is 11.9 Å². The monoisotopic (exact) mass is 358 g/mol. The van der Waals surface area contributed by atoms with Crippen molar-refractivity contribution in [2.24, 2.45) is 0 Å². The summed E-state index contributed by atoms with van der Waals surface area (Å²) in [4.78, 5) is 11.2. The van der Waals surface area contributed by atoms with Crippen LogP contribution in [0.5, 0.6) is 0 Å². The highest BCUT2D eigenvalue weighted by Gasteiger charge is 2.35. The molecule has 0 saturated heterocycles. The van der Waals surface area contributed by atoms with Gasteiger partial charge in [0.2, 0.25) is 0 Å². The van der Waals surface area contributed by atoms with Crippen molar-refractivity contribution in [2.45, 2.75) is 115 Å². The number of ether oxygens (including phenoxy) is 1. The first-order valence-electron chi connectivity index (χ1n) is 10.2. The first-order chi connectivity index (χ1) is 11.6. The van der Waals surface area contributed by atoms with Crippen LogP contribution in [-0.4, -0.2) is 27.6 Å². The van der Waals surface area contributed by atoms with Crippen LogP contribution in [0.4, 0.5) is 0 Å². The largest absolute Gasteiger partial charge is 0.616 e. The molecule has 4 heteroatoms. The summed E-state index contributed by atoms with van der Waals surface area (Å²) >= 11 is -0.843. The lowest BCUT2D eigenvalue weighted by Crippen LogP contribution is -2.40. The molecule has 1 aliphatic carbocycles. The topological polar surface area (TPSA) is 49.4 Å². The van der Waals surface area contributed by atoms with Gasteiger partial charge in [-0.1, -0.05) is 58.3 Å². The molecule has 142 valence electrons. The molecule has 0 aromatic carbocycles. The third kappa shape index (κ3) is 9.93. The van der Waals surface area contributed by atoms with Gasteiger partial charge in [0, 0.05) is 6.92 Å². The number of hydrogen-bond donors (Lipinski definition) is 0. The Kier molecular flexibility index (Phi) is 12.7. The van der Waals surface area contributed by atoms with Gasteiger partial charge in [-0.25, -0.2) is 0 Å². The fourth-order valence-electron chi connectivity index (χ4n) is 3.59. The zero-order chi connectivity index (χ0) is 17.6. The van der Waals surface area contributed by atoms with Gasteiger partial charge >= 0.3 is 5.97 Å². The summed E-state index contributed by atoms with van der Waals surface area (Å²) in [5.41, 5.74) is 0. The molecule has 1 rings (SSSR count). The van der Waals surface area contributed by atoms with Gasteiger partial charge in [-0.15, -0.1) is 0 Å². The highest BCUT2D eigenvalue weighted by Crippen LogP contribution is 2.28. The van der Waals surface area contributed by atoms with E-state index in [1.54, 1.807) is 0 Å². The van der Waals surface area contributed by atoms with Crippen LogP contribution >= 0.6 is 0 Å². The van der Waals surface area contributed by atoms with Crippen molar-refractivity contribution < 1.29 is 14.1 Å². The van der Waals surface area contributed by atoms with Crippen LogP contribution in [0, 0.1) is 0 Å². The Morgan fingerprint density at radius 3 is 2.08 bits per heavy atom. The smallest absolute Gasteiger partial charge is 0.303 e. The maximum atomic E-state index is 12.5. The molecule has 0 aromatic heterocycles. The molecule has 1 fully saturated rings. The summed E-state index contributed by atoms with van der Waals surface area (Å²) in [6, 6.07) is 0. The summed E-state index contributed by atoms with van der Waals surface area (Å²) < 4.78 is 17.9. The number of esters is 1. The van der Waals surface area contributed by atoms with Crippen molar-refractivity contribution in [2.75, 3.05) is 5.75 Å². The lowest BCUT2D eigenvalue weighted by atomic mass is 9.97. The normalized spacial score (nSPS) is 22.3. The molecule has 1 aliphatic rings. The Balaban J connectivity index is 2.05. The first-order valence-corrected chi connectivity index (χ1v) is 11.6. The minimum atomic E-state index is -0.843. The van der Waals surface area contributed by atoms with E-state index in [9.17, 15) is 9.35 Å². The second-order valence-electron chi connectivity index (χ2n) is 7.24. The van der Waals surface area contributed by atoms with Gasteiger partial charge in [-0.3, -0.25) is 4.79 Å². The maximum absolute atomic E-state index is 12.5. The molecule has 3 nitrogen and oxygen atoms in total. The van der Waals surface area contributed by atoms with Gasteiger partial charge < -0.3 is 9.29 Å². The molecule has 3 atom stereocenters. The predicted octanol–water partition coefficient (Wildman–Crippen LogP) is 5.53. The highest BCUT2D eigenvalue weighted by atomic mass is 32.2. The number of carbonyl (C=O) groups excluding carboxylic acids is 1. The summed E-state index contributed by atoms with van der Waals surface area (Å²) in [5.74, 6) is 0.543. The molecule has 1 saturated carbocycles. The Hall–Kier alpha value is -0.220. The molecule has 0 amide bonds. The van der Waals surface area contributed by atoms with Crippen LogP contribution in [0.15, 0.2) is 0 Å². The highest BCUT2D eigenvalue weighted by molar-refractivity contribution is 7.92. The molecule has 0 aliphatic heterocycles. The van der Waals surface area contributed by atoms with Crippen LogP contribution in [0.1, 0.15) is 104 Å². The zero-order valence-corrected chi connectivity index (χ0v) is 16.7. The minimum Gasteiger partial charge on any atom is -0.616 e. The third-order valence-electron chi connectivity index (χ3n) is 5.00. The van der Waals surface area contributed by atoms with Crippen molar-refractivity contribution in [1.29, 1.82) is 0 Å². The van der Waals surface area contributed by atoms with Crippen LogP contribution in [0.2, 0.25) is 0 Å². The van der Waals surface area contributed by atoms with Crippen LogP contribution < -0.4 is 0 Å². The van der Waals surface area contributed by atoms with E-state index < -0.39 is 11.2 Å². The molecule has 0 N–H and O–H groups in total. The average Bonchev–Trinajstić information content (AvgIpc) is 2.56. The molecular weight excluding hydrogens is 320 g/mol. The second-order valence-corrected chi connectivity index (χ2v) is 9.01. The Bertz CT molecular complexity index is 322. The zero-order valence-electron chi connectivity index (χ0n) is 15.9. The average molecular weight is 359 g/mol. The van der Waals surface area contributed by atoms with E-state index in [4.69, 9.17) is 4.74 Å². The summed E-state index contributed by atoms with van der Waals surface area (Å²) in [5, 5.41) is 0.0706. The lowest BCUT2D eigenvalue weighted by molar-refractivity contribution is -0.147. The van der Waals surface area contributed by atoms with Crippen molar-refractivity contribution in [1.82, 2.24) is 0 Å². The van der Waals surface area contributed by atoms with E-state index in [-0.39, 0.29) is 17.3 Å². The summed E-state index contributed by atoms with van der Waals surface area (Å²) in [7, 11) is 0. The summed E-state index contributed by atoms with van der Waals surface area (Å²) in [6.07, 6.45) is 16.9. The number of carbonyl (C=O) groups is 1. The van der Waals surface area contributed by atoms with E-state index in [2.05, 4.69) is 6.92 Å². The summed E-state index contributed by atoms with van der Waals surface area (Å²) in [6.45, 7) is 3.71. The van der Waals surface area contributed by atoms with Crippen molar-refractivity contribution >= 4 is 17.1 Å². The van der Waals surface area contributed by atoms with Crippen LogP contribution in [-0.2, 0) is 20.7 Å². The molecule has 0 spiro atoms. The van der Waals surface area contributed by atoms with Gasteiger partial charge in [0.25, 0.3) is 0 Å². The second kappa shape index (κ2) is 14.0. The number of hydrogen-bond acceptors (Lipinski definition) is 3. The standard InChI is InChI=1S/C20H38O3S/c1-3-4-5-6-7-8-9-10-11-14-17-24(22)20-16-13-12-15-19(20)23-18(2)21/h19-20H,3-17H2,1-2H3/t19?,20-,24+/m0/s1. The minimum absolute atomic E-state index is 0.0706. The molecule has 24 heavy (non-hydrogen) atoms. The molecule has 0 aromatic rings. The molecule has 0 radical (unpaired) electrons. The van der Waals surface area contributed by atoms with Crippen molar-refractivity contribution in [3.63, 3.8) is 0 Å². The quantitative estimate of drug-likeness (QED) is 0.247. The molecular formula is C20H38O3S. The predicted molar refractivity (Wildman–Crippen MR) is 103 cm³/mol. The lowest BCUT2D eigenvalue weighted by Gasteiger charge is -2.32. The van der Waals surface area contributed by atoms with E-state index in [0.29, 0.717) is 0 Å². The van der Waals surface area contributed by atoms with E-state index in [1.807, 2.05) is 0 Å². The van der Waals surface area contributed by atoms with Gasteiger partial charge in [0.15, 0.2) is 5.25 Å². The van der Waals surface area contributed by atoms with E-state index in [1.165, 1.54) is 64.7 Å². The van der Waals surface area contributed by atoms with E-state index >= 15 is 0 Å². The van der Waals surface area contributed by atoms with Crippen LogP contribution in [0.25, 0.3) is 0 Å². The van der Waals surface area contributed by atoms with Gasteiger partial charge in [-0.05, 0) is 49.7 Å². The Morgan fingerprint density at radius 2 is 1.50 bits per heavy atom. The molecule has 0 heterocycles.